The summed E-state index contributed by atoms with van der Waals surface area (Å²) in [6.07, 6.45) is 4.85. The van der Waals surface area contributed by atoms with Crippen LogP contribution in [0.25, 0.3) is 11.1 Å². The van der Waals surface area contributed by atoms with Crippen LogP contribution in [0, 0.1) is 0 Å². The highest BCUT2D eigenvalue weighted by Gasteiger charge is 2.26. The summed E-state index contributed by atoms with van der Waals surface area (Å²) in [5.74, 6) is 0.640. The molecule has 0 aliphatic heterocycles. The molecule has 3 rings (SSSR count). The van der Waals surface area contributed by atoms with E-state index in [0.29, 0.717) is 13.0 Å². The SMILES string of the molecule is COC(=O)Cc1c2c(cn1CCCO)CCc1c(OC)cccc1-2. The molecule has 0 atom stereocenters. The third-order valence-corrected chi connectivity index (χ3v) is 4.63. The second kappa shape index (κ2) is 7.09. The van der Waals surface area contributed by atoms with Gasteiger partial charge in [0.15, 0.2) is 0 Å². The number of fused-ring (bicyclic) bond motifs is 3. The summed E-state index contributed by atoms with van der Waals surface area (Å²) in [5.41, 5.74) is 5.65. The maximum Gasteiger partial charge on any atom is 0.311 e. The number of aromatic nitrogens is 1. The quantitative estimate of drug-likeness (QED) is 0.827. The molecular formula is C19H23NO4. The summed E-state index contributed by atoms with van der Waals surface area (Å²) < 4.78 is 12.5. The molecule has 128 valence electrons. The lowest BCUT2D eigenvalue weighted by Crippen LogP contribution is -2.12. The zero-order chi connectivity index (χ0) is 17.1. The summed E-state index contributed by atoms with van der Waals surface area (Å²) in [7, 11) is 3.10. The molecule has 0 unspecified atom stereocenters. The van der Waals surface area contributed by atoms with Crippen molar-refractivity contribution in [1.29, 1.82) is 0 Å². The van der Waals surface area contributed by atoms with Crippen molar-refractivity contribution in [3.63, 3.8) is 0 Å². The Balaban J connectivity index is 2.13. The van der Waals surface area contributed by atoms with Crippen molar-refractivity contribution in [2.45, 2.75) is 32.2 Å². The fourth-order valence-electron chi connectivity index (χ4n) is 3.53. The Bertz CT molecular complexity index is 748. The van der Waals surface area contributed by atoms with Gasteiger partial charge in [0, 0.05) is 36.2 Å². The Kier molecular flexibility index (Phi) is 4.90. The molecule has 0 saturated heterocycles. The largest absolute Gasteiger partial charge is 0.496 e. The lowest BCUT2D eigenvalue weighted by Gasteiger charge is -2.20. The average Bonchev–Trinajstić information content (AvgIpc) is 2.96. The number of hydrogen-bond acceptors (Lipinski definition) is 4. The Morgan fingerprint density at radius 3 is 2.83 bits per heavy atom. The zero-order valence-electron chi connectivity index (χ0n) is 14.2. The summed E-state index contributed by atoms with van der Waals surface area (Å²) in [6.45, 7) is 0.819. The number of carbonyl (C=O) groups excluding carboxylic acids is 1. The van der Waals surface area contributed by atoms with Gasteiger partial charge < -0.3 is 19.1 Å². The van der Waals surface area contributed by atoms with Gasteiger partial charge in [-0.2, -0.15) is 0 Å². The molecule has 24 heavy (non-hydrogen) atoms. The van der Waals surface area contributed by atoms with E-state index in [1.54, 1.807) is 7.11 Å². The number of esters is 1. The first-order chi connectivity index (χ1) is 11.7. The highest BCUT2D eigenvalue weighted by atomic mass is 16.5. The molecular weight excluding hydrogens is 306 g/mol. The van der Waals surface area contributed by atoms with Crippen molar-refractivity contribution in [1.82, 2.24) is 4.57 Å². The minimum atomic E-state index is -0.254. The molecule has 1 aromatic heterocycles. The third-order valence-electron chi connectivity index (χ3n) is 4.63. The Morgan fingerprint density at radius 1 is 1.29 bits per heavy atom. The molecule has 2 aromatic rings. The van der Waals surface area contributed by atoms with Crippen molar-refractivity contribution < 1.29 is 19.4 Å². The molecule has 1 heterocycles. The highest BCUT2D eigenvalue weighted by Crippen LogP contribution is 2.41. The smallest absolute Gasteiger partial charge is 0.311 e. The molecule has 0 radical (unpaired) electrons. The van der Waals surface area contributed by atoms with Crippen LogP contribution in [0.15, 0.2) is 24.4 Å². The first-order valence-electron chi connectivity index (χ1n) is 8.24. The fraction of sp³-hybridized carbons (Fsp3) is 0.421. The predicted molar refractivity (Wildman–Crippen MR) is 91.3 cm³/mol. The van der Waals surface area contributed by atoms with Crippen LogP contribution >= 0.6 is 0 Å². The van der Waals surface area contributed by atoms with Gasteiger partial charge in [0.2, 0.25) is 0 Å². The molecule has 0 bridgehead atoms. The van der Waals surface area contributed by atoms with Crippen LogP contribution < -0.4 is 4.74 Å². The van der Waals surface area contributed by atoms with Crippen LogP contribution in [-0.2, 0) is 35.3 Å². The summed E-state index contributed by atoms with van der Waals surface area (Å²) >= 11 is 0. The number of rotatable bonds is 6. The van der Waals surface area contributed by atoms with Crippen molar-refractivity contribution in [2.24, 2.45) is 0 Å². The number of aliphatic hydroxyl groups excluding tert-OH is 1. The van der Waals surface area contributed by atoms with Gasteiger partial charge in [-0.05, 0) is 36.5 Å². The number of carbonyl (C=O) groups is 1. The first kappa shape index (κ1) is 16.6. The molecule has 0 fully saturated rings. The highest BCUT2D eigenvalue weighted by molar-refractivity contribution is 5.82. The summed E-state index contributed by atoms with van der Waals surface area (Å²) in [4.78, 5) is 11.9. The van der Waals surface area contributed by atoms with E-state index in [-0.39, 0.29) is 19.0 Å². The number of aliphatic hydroxyl groups is 1. The van der Waals surface area contributed by atoms with Gasteiger partial charge in [-0.15, -0.1) is 0 Å². The molecule has 1 N–H and O–H groups in total. The lowest BCUT2D eigenvalue weighted by atomic mass is 9.86. The number of methoxy groups -OCH3 is 2. The molecule has 1 aromatic carbocycles. The van der Waals surface area contributed by atoms with E-state index < -0.39 is 0 Å². The number of benzene rings is 1. The van der Waals surface area contributed by atoms with Gasteiger partial charge in [0.1, 0.15) is 5.75 Å². The molecule has 0 amide bonds. The molecule has 5 heteroatoms. The van der Waals surface area contributed by atoms with Crippen molar-refractivity contribution in [3.05, 3.63) is 41.2 Å². The van der Waals surface area contributed by atoms with Crippen molar-refractivity contribution in [3.8, 4) is 16.9 Å². The van der Waals surface area contributed by atoms with Crippen molar-refractivity contribution >= 4 is 5.97 Å². The third kappa shape index (κ3) is 2.91. The van der Waals surface area contributed by atoms with E-state index in [1.807, 2.05) is 12.1 Å². The number of nitrogens with zero attached hydrogens (tertiary/aromatic N) is 1. The Labute approximate surface area is 141 Å². The number of ether oxygens (including phenoxy) is 2. The second-order valence-electron chi connectivity index (χ2n) is 5.99. The van der Waals surface area contributed by atoms with Crippen LogP contribution in [0.3, 0.4) is 0 Å². The van der Waals surface area contributed by atoms with E-state index in [1.165, 1.54) is 18.2 Å². The monoisotopic (exact) mass is 329 g/mol. The fourth-order valence-corrected chi connectivity index (χ4v) is 3.53. The summed E-state index contributed by atoms with van der Waals surface area (Å²) in [5, 5.41) is 9.15. The summed E-state index contributed by atoms with van der Waals surface area (Å²) in [6, 6.07) is 6.05. The molecule has 1 aliphatic rings. The van der Waals surface area contributed by atoms with E-state index >= 15 is 0 Å². The lowest BCUT2D eigenvalue weighted by molar-refractivity contribution is -0.139. The van der Waals surface area contributed by atoms with Gasteiger partial charge in [-0.25, -0.2) is 0 Å². The first-order valence-corrected chi connectivity index (χ1v) is 8.24. The van der Waals surface area contributed by atoms with E-state index in [0.717, 1.165) is 35.4 Å². The van der Waals surface area contributed by atoms with Gasteiger partial charge in [0.25, 0.3) is 0 Å². The normalized spacial score (nSPS) is 12.5. The van der Waals surface area contributed by atoms with Gasteiger partial charge in [-0.1, -0.05) is 12.1 Å². The molecule has 1 aliphatic carbocycles. The molecule has 5 nitrogen and oxygen atoms in total. The number of hydrogen-bond donors (Lipinski definition) is 1. The van der Waals surface area contributed by atoms with E-state index in [4.69, 9.17) is 14.6 Å². The van der Waals surface area contributed by atoms with Crippen LogP contribution in [0.4, 0.5) is 0 Å². The Morgan fingerprint density at radius 2 is 2.12 bits per heavy atom. The minimum Gasteiger partial charge on any atom is -0.496 e. The topological polar surface area (TPSA) is 60.7 Å². The van der Waals surface area contributed by atoms with Crippen LogP contribution in [-0.4, -0.2) is 36.5 Å². The van der Waals surface area contributed by atoms with Crippen LogP contribution in [0.1, 0.15) is 23.2 Å². The molecule has 0 saturated carbocycles. The second-order valence-corrected chi connectivity index (χ2v) is 5.99. The minimum absolute atomic E-state index is 0.130. The average molecular weight is 329 g/mol. The van der Waals surface area contributed by atoms with Gasteiger partial charge in [-0.3, -0.25) is 4.79 Å². The zero-order valence-corrected chi connectivity index (χ0v) is 14.2. The van der Waals surface area contributed by atoms with Crippen LogP contribution in [0.5, 0.6) is 5.75 Å². The Hall–Kier alpha value is -2.27. The van der Waals surface area contributed by atoms with Crippen molar-refractivity contribution in [2.75, 3.05) is 20.8 Å². The standard InChI is InChI=1S/C19H23NO4/c1-23-17-6-3-5-15-14(17)8-7-13-12-20(9-4-10-21)16(19(13)15)11-18(22)24-2/h3,5-6,12,21H,4,7-11H2,1-2H3. The van der Waals surface area contributed by atoms with E-state index in [2.05, 4.69) is 16.8 Å². The van der Waals surface area contributed by atoms with Gasteiger partial charge >= 0.3 is 5.97 Å². The maximum atomic E-state index is 11.9. The van der Waals surface area contributed by atoms with Gasteiger partial charge in [0.05, 0.1) is 20.6 Å². The maximum absolute atomic E-state index is 11.9. The number of aryl methyl sites for hydroxylation is 2. The van der Waals surface area contributed by atoms with Crippen LogP contribution in [0.2, 0.25) is 0 Å². The van der Waals surface area contributed by atoms with E-state index in [9.17, 15) is 4.79 Å². The predicted octanol–water partition coefficient (Wildman–Crippen LogP) is 2.36. The molecule has 0 spiro atoms.